The van der Waals surface area contributed by atoms with E-state index in [0.29, 0.717) is 17.3 Å². The lowest BCUT2D eigenvalue weighted by molar-refractivity contribution is -0.131. The van der Waals surface area contributed by atoms with Crippen LogP contribution in [0.25, 0.3) is 11.5 Å². The molecule has 25 heavy (non-hydrogen) atoms. The number of rotatable bonds is 5. The van der Waals surface area contributed by atoms with Crippen LogP contribution in [0.4, 0.5) is 0 Å². The number of carbonyl (C=O) groups is 1. The maximum Gasteiger partial charge on any atom is 0.228 e. The molecule has 0 saturated carbocycles. The average Bonchev–Trinajstić information content (AvgIpc) is 3.02. The van der Waals surface area contributed by atoms with E-state index in [1.54, 1.807) is 4.90 Å². The van der Waals surface area contributed by atoms with Gasteiger partial charge in [-0.05, 0) is 31.5 Å². The van der Waals surface area contributed by atoms with Gasteiger partial charge in [-0.1, -0.05) is 48.5 Å². The van der Waals surface area contributed by atoms with Crippen LogP contribution in [-0.2, 0) is 11.2 Å². The highest BCUT2D eigenvalue weighted by molar-refractivity contribution is 5.79. The SMILES string of the molecule is Cc1oc(-c2ccccc2)nc1CC(=O)N(C)C(C)c1ccccc1. The van der Waals surface area contributed by atoms with Gasteiger partial charge in [-0.2, -0.15) is 0 Å². The normalized spacial score (nSPS) is 12.0. The molecule has 128 valence electrons. The number of nitrogens with zero attached hydrogens (tertiary/aromatic N) is 2. The second-order valence-corrected chi connectivity index (χ2v) is 6.16. The molecule has 3 rings (SSSR count). The molecule has 1 heterocycles. The van der Waals surface area contributed by atoms with Crippen LogP contribution in [0.2, 0.25) is 0 Å². The number of oxazole rings is 1. The van der Waals surface area contributed by atoms with Gasteiger partial charge >= 0.3 is 0 Å². The highest BCUT2D eigenvalue weighted by Crippen LogP contribution is 2.23. The fraction of sp³-hybridized carbons (Fsp3) is 0.238. The van der Waals surface area contributed by atoms with Gasteiger partial charge in [0, 0.05) is 12.6 Å². The molecule has 0 aliphatic rings. The van der Waals surface area contributed by atoms with Crippen molar-refractivity contribution < 1.29 is 9.21 Å². The highest BCUT2D eigenvalue weighted by atomic mass is 16.4. The van der Waals surface area contributed by atoms with E-state index in [1.165, 1.54) is 0 Å². The summed E-state index contributed by atoms with van der Waals surface area (Å²) in [5.74, 6) is 1.26. The predicted molar refractivity (Wildman–Crippen MR) is 98.0 cm³/mol. The van der Waals surface area contributed by atoms with E-state index < -0.39 is 0 Å². The van der Waals surface area contributed by atoms with Crippen LogP contribution in [0.3, 0.4) is 0 Å². The van der Waals surface area contributed by atoms with Gasteiger partial charge in [0.1, 0.15) is 5.76 Å². The maximum atomic E-state index is 12.7. The molecule has 0 saturated heterocycles. The van der Waals surface area contributed by atoms with E-state index in [4.69, 9.17) is 4.42 Å². The zero-order valence-electron chi connectivity index (χ0n) is 14.8. The average molecular weight is 334 g/mol. The second kappa shape index (κ2) is 7.34. The van der Waals surface area contributed by atoms with Crippen molar-refractivity contribution in [1.29, 1.82) is 0 Å². The molecule has 0 radical (unpaired) electrons. The minimum atomic E-state index is 0.00880. The minimum Gasteiger partial charge on any atom is -0.441 e. The van der Waals surface area contributed by atoms with E-state index in [0.717, 1.165) is 11.1 Å². The summed E-state index contributed by atoms with van der Waals surface area (Å²) in [7, 11) is 1.83. The van der Waals surface area contributed by atoms with Gasteiger partial charge in [-0.25, -0.2) is 4.98 Å². The van der Waals surface area contributed by atoms with Crippen molar-refractivity contribution in [3.8, 4) is 11.5 Å². The molecular weight excluding hydrogens is 312 g/mol. The van der Waals surface area contributed by atoms with Crippen molar-refractivity contribution in [2.45, 2.75) is 26.3 Å². The summed E-state index contributed by atoms with van der Waals surface area (Å²) < 4.78 is 5.74. The molecule has 0 spiro atoms. The summed E-state index contributed by atoms with van der Waals surface area (Å²) in [4.78, 5) is 18.9. The Labute approximate surface area is 148 Å². The third kappa shape index (κ3) is 3.79. The van der Waals surface area contributed by atoms with Gasteiger partial charge in [0.2, 0.25) is 11.8 Å². The number of hydrogen-bond donors (Lipinski definition) is 0. The number of amides is 1. The van der Waals surface area contributed by atoms with E-state index in [2.05, 4.69) is 4.98 Å². The second-order valence-electron chi connectivity index (χ2n) is 6.16. The summed E-state index contributed by atoms with van der Waals surface area (Å²) in [5.41, 5.74) is 2.71. The summed E-state index contributed by atoms with van der Waals surface area (Å²) >= 11 is 0. The van der Waals surface area contributed by atoms with Crippen molar-refractivity contribution in [3.63, 3.8) is 0 Å². The molecule has 0 bridgehead atoms. The first-order valence-corrected chi connectivity index (χ1v) is 8.38. The summed E-state index contributed by atoms with van der Waals surface area (Å²) in [6.07, 6.45) is 0.232. The molecule has 0 N–H and O–H groups in total. The van der Waals surface area contributed by atoms with Gasteiger partial charge in [0.25, 0.3) is 0 Å². The Balaban J connectivity index is 1.74. The molecule has 0 aliphatic carbocycles. The van der Waals surface area contributed by atoms with Crippen LogP contribution in [-0.4, -0.2) is 22.8 Å². The van der Waals surface area contributed by atoms with Crippen LogP contribution >= 0.6 is 0 Å². The number of benzene rings is 2. The lowest BCUT2D eigenvalue weighted by atomic mass is 10.1. The van der Waals surface area contributed by atoms with E-state index >= 15 is 0 Å². The molecule has 0 aliphatic heterocycles. The van der Waals surface area contributed by atoms with Crippen LogP contribution in [0.1, 0.15) is 30.0 Å². The Morgan fingerprint density at radius 1 is 1.08 bits per heavy atom. The van der Waals surface area contributed by atoms with Crippen molar-refractivity contribution >= 4 is 5.91 Å². The molecule has 1 unspecified atom stereocenters. The Bertz CT molecular complexity index is 841. The summed E-state index contributed by atoms with van der Waals surface area (Å²) in [6, 6.07) is 19.7. The fourth-order valence-corrected chi connectivity index (χ4v) is 2.74. The quantitative estimate of drug-likeness (QED) is 0.694. The fourth-order valence-electron chi connectivity index (χ4n) is 2.74. The standard InChI is InChI=1S/C21H22N2O2/c1-15(17-10-6-4-7-11-17)23(3)20(24)14-19-16(2)25-21(22-19)18-12-8-5-9-13-18/h4-13,15H,14H2,1-3H3. The third-order valence-electron chi connectivity index (χ3n) is 4.49. The van der Waals surface area contributed by atoms with E-state index in [-0.39, 0.29) is 18.4 Å². The Morgan fingerprint density at radius 3 is 2.32 bits per heavy atom. The Kier molecular flexibility index (Phi) is 4.98. The Morgan fingerprint density at radius 2 is 1.68 bits per heavy atom. The van der Waals surface area contributed by atoms with Gasteiger partial charge < -0.3 is 9.32 Å². The highest BCUT2D eigenvalue weighted by Gasteiger charge is 2.21. The first-order valence-electron chi connectivity index (χ1n) is 8.38. The molecule has 0 fully saturated rings. The number of likely N-dealkylation sites (N-methyl/N-ethyl adjacent to an activating group) is 1. The molecule has 4 heteroatoms. The first kappa shape index (κ1) is 17.0. The van der Waals surface area contributed by atoms with Crippen molar-refractivity contribution in [2.75, 3.05) is 7.05 Å². The number of aryl methyl sites for hydroxylation is 1. The first-order chi connectivity index (χ1) is 12.1. The van der Waals surface area contributed by atoms with Crippen molar-refractivity contribution in [2.24, 2.45) is 0 Å². The van der Waals surface area contributed by atoms with Crippen LogP contribution < -0.4 is 0 Å². The molecular formula is C21H22N2O2. The van der Waals surface area contributed by atoms with Crippen molar-refractivity contribution in [3.05, 3.63) is 77.7 Å². The number of hydrogen-bond acceptors (Lipinski definition) is 3. The minimum absolute atomic E-state index is 0.00880. The van der Waals surface area contributed by atoms with Gasteiger partial charge in [-0.3, -0.25) is 4.79 Å². The number of aromatic nitrogens is 1. The Hall–Kier alpha value is -2.88. The lowest BCUT2D eigenvalue weighted by Crippen LogP contribution is -2.31. The summed E-state index contributed by atoms with van der Waals surface area (Å²) in [6.45, 7) is 3.88. The smallest absolute Gasteiger partial charge is 0.228 e. The van der Waals surface area contributed by atoms with E-state index in [1.807, 2.05) is 81.6 Å². The predicted octanol–water partition coefficient (Wildman–Crippen LogP) is 4.41. The molecule has 1 amide bonds. The van der Waals surface area contributed by atoms with Gasteiger partial charge in [0.05, 0.1) is 18.2 Å². The zero-order chi connectivity index (χ0) is 17.8. The van der Waals surface area contributed by atoms with Crippen LogP contribution in [0, 0.1) is 6.92 Å². The molecule has 3 aromatic rings. The van der Waals surface area contributed by atoms with Gasteiger partial charge in [-0.15, -0.1) is 0 Å². The topological polar surface area (TPSA) is 46.3 Å². The monoisotopic (exact) mass is 334 g/mol. The van der Waals surface area contributed by atoms with Gasteiger partial charge in [0.15, 0.2) is 0 Å². The molecule has 1 aromatic heterocycles. The molecule has 1 atom stereocenters. The largest absolute Gasteiger partial charge is 0.441 e. The molecule has 4 nitrogen and oxygen atoms in total. The maximum absolute atomic E-state index is 12.7. The van der Waals surface area contributed by atoms with Crippen LogP contribution in [0.5, 0.6) is 0 Å². The van der Waals surface area contributed by atoms with E-state index in [9.17, 15) is 4.79 Å². The molecule has 2 aromatic carbocycles. The lowest BCUT2D eigenvalue weighted by Gasteiger charge is -2.25. The van der Waals surface area contributed by atoms with Crippen LogP contribution in [0.15, 0.2) is 65.1 Å². The summed E-state index contributed by atoms with van der Waals surface area (Å²) in [5, 5.41) is 0. The number of carbonyl (C=O) groups excluding carboxylic acids is 1. The van der Waals surface area contributed by atoms with Crippen molar-refractivity contribution in [1.82, 2.24) is 9.88 Å². The third-order valence-corrected chi connectivity index (χ3v) is 4.49. The zero-order valence-corrected chi connectivity index (χ0v) is 14.8.